The van der Waals surface area contributed by atoms with E-state index in [0.29, 0.717) is 0 Å². The van der Waals surface area contributed by atoms with Crippen LogP contribution in [0, 0.1) is 0 Å². The van der Waals surface area contributed by atoms with Gasteiger partial charge in [-0.1, -0.05) is 109 Å². The van der Waals surface area contributed by atoms with Gasteiger partial charge in [-0.25, -0.2) is 0 Å². The zero-order valence-electron chi connectivity index (χ0n) is 26.6. The zero-order valence-corrected chi connectivity index (χ0v) is 26.6. The summed E-state index contributed by atoms with van der Waals surface area (Å²) in [6.07, 6.45) is -0.231. The molecule has 1 N–H and O–H groups in total. The number of benzene rings is 8. The second-order valence-corrected chi connectivity index (χ2v) is 12.6. The van der Waals surface area contributed by atoms with E-state index >= 15 is 0 Å². The molecule has 0 amide bonds. The Morgan fingerprint density at radius 1 is 0.490 bits per heavy atom. The van der Waals surface area contributed by atoms with Gasteiger partial charge in [0.2, 0.25) is 0 Å². The standard InChI is InChI=1S/C45H31N3O/c1-4-12-32(13-5-1)45-46-44-42(49-45)27-23-31-21-20-30-22-24-35(28-38(30)43(31)44)47(33-14-6-2-7-15-33)36-25-26-41-39(29-36)37-18-10-11-19-40(37)48(41)34-16-8-3-9-17-34/h1-29,45-46H. The lowest BCUT2D eigenvalue weighted by Gasteiger charge is -2.26. The molecule has 1 aliphatic heterocycles. The van der Waals surface area contributed by atoms with Crippen molar-refractivity contribution in [2.75, 3.05) is 10.2 Å². The van der Waals surface area contributed by atoms with Crippen molar-refractivity contribution >= 4 is 66.1 Å². The van der Waals surface area contributed by atoms with Crippen molar-refractivity contribution in [3.63, 3.8) is 0 Å². The van der Waals surface area contributed by atoms with Crippen molar-refractivity contribution in [1.29, 1.82) is 0 Å². The van der Waals surface area contributed by atoms with Gasteiger partial charge in [-0.3, -0.25) is 0 Å². The lowest BCUT2D eigenvalue weighted by Crippen LogP contribution is -2.10. The third kappa shape index (κ3) is 4.45. The SMILES string of the molecule is c1ccc(C2Nc3c(ccc4ccc5ccc(N(c6ccccc6)c6ccc7c(c6)c6ccccc6n7-c6ccccc6)cc5c34)O2)cc1. The molecule has 0 fully saturated rings. The smallest absolute Gasteiger partial charge is 0.196 e. The topological polar surface area (TPSA) is 29.4 Å². The maximum absolute atomic E-state index is 6.45. The van der Waals surface area contributed by atoms with Gasteiger partial charge in [0.15, 0.2) is 6.23 Å². The van der Waals surface area contributed by atoms with Crippen molar-refractivity contribution in [1.82, 2.24) is 4.57 Å². The van der Waals surface area contributed by atoms with Gasteiger partial charge in [-0.2, -0.15) is 0 Å². The fourth-order valence-corrected chi connectivity index (χ4v) is 7.54. The molecule has 0 radical (unpaired) electrons. The van der Waals surface area contributed by atoms with Crippen LogP contribution in [0.2, 0.25) is 0 Å². The highest BCUT2D eigenvalue weighted by atomic mass is 16.5. The molecule has 0 saturated carbocycles. The van der Waals surface area contributed by atoms with Crippen LogP contribution in [0.3, 0.4) is 0 Å². The van der Waals surface area contributed by atoms with E-state index in [9.17, 15) is 0 Å². The maximum Gasteiger partial charge on any atom is 0.196 e. The number of hydrogen-bond donors (Lipinski definition) is 1. The van der Waals surface area contributed by atoms with E-state index in [2.05, 4.69) is 185 Å². The molecule has 49 heavy (non-hydrogen) atoms. The summed E-state index contributed by atoms with van der Waals surface area (Å²) >= 11 is 0. The largest absolute Gasteiger partial charge is 0.464 e. The average molecular weight is 630 g/mol. The van der Waals surface area contributed by atoms with E-state index in [1.54, 1.807) is 0 Å². The number of nitrogens with one attached hydrogen (secondary N) is 1. The molecule has 232 valence electrons. The van der Waals surface area contributed by atoms with Gasteiger partial charge < -0.3 is 19.5 Å². The van der Waals surface area contributed by atoms with E-state index in [-0.39, 0.29) is 6.23 Å². The summed E-state index contributed by atoms with van der Waals surface area (Å²) < 4.78 is 8.82. The maximum atomic E-state index is 6.45. The Morgan fingerprint density at radius 3 is 1.92 bits per heavy atom. The Labute approximate surface area is 284 Å². The van der Waals surface area contributed by atoms with Crippen LogP contribution in [-0.2, 0) is 0 Å². The van der Waals surface area contributed by atoms with Gasteiger partial charge in [0, 0.05) is 44.5 Å². The van der Waals surface area contributed by atoms with Crippen LogP contribution in [0.5, 0.6) is 5.75 Å². The molecule has 0 bridgehead atoms. The fourth-order valence-electron chi connectivity index (χ4n) is 7.54. The summed E-state index contributed by atoms with van der Waals surface area (Å²) in [7, 11) is 0. The number of hydrogen-bond acceptors (Lipinski definition) is 3. The van der Waals surface area contributed by atoms with Crippen LogP contribution in [0.4, 0.5) is 22.7 Å². The molecular formula is C45H31N3O. The van der Waals surface area contributed by atoms with Crippen LogP contribution in [-0.4, -0.2) is 4.57 Å². The van der Waals surface area contributed by atoms with E-state index in [0.717, 1.165) is 39.7 Å². The minimum absolute atomic E-state index is 0.231. The summed E-state index contributed by atoms with van der Waals surface area (Å²) in [6, 6.07) is 62.7. The zero-order chi connectivity index (χ0) is 32.3. The molecule has 4 nitrogen and oxygen atoms in total. The molecule has 1 unspecified atom stereocenters. The van der Waals surface area contributed by atoms with Crippen LogP contribution in [0.25, 0.3) is 49.0 Å². The van der Waals surface area contributed by atoms with Gasteiger partial charge in [0.25, 0.3) is 0 Å². The van der Waals surface area contributed by atoms with Crippen molar-refractivity contribution < 1.29 is 4.74 Å². The number of aromatic nitrogens is 1. The Balaban J connectivity index is 1.17. The van der Waals surface area contributed by atoms with Crippen molar-refractivity contribution in [3.05, 3.63) is 181 Å². The van der Waals surface area contributed by atoms with E-state index < -0.39 is 0 Å². The van der Waals surface area contributed by atoms with Crippen LogP contribution < -0.4 is 15.0 Å². The predicted molar refractivity (Wildman–Crippen MR) is 204 cm³/mol. The van der Waals surface area contributed by atoms with Gasteiger partial charge in [0.1, 0.15) is 5.75 Å². The first-order valence-corrected chi connectivity index (χ1v) is 16.7. The first-order valence-electron chi connectivity index (χ1n) is 16.7. The monoisotopic (exact) mass is 629 g/mol. The third-order valence-electron chi connectivity index (χ3n) is 9.77. The Hall–Kier alpha value is -6.52. The molecule has 10 rings (SSSR count). The molecule has 0 saturated heterocycles. The quantitative estimate of drug-likeness (QED) is 0.192. The molecule has 9 aromatic rings. The van der Waals surface area contributed by atoms with Gasteiger partial charge in [0.05, 0.1) is 16.7 Å². The number of ether oxygens (including phenoxy) is 1. The summed E-state index contributed by atoms with van der Waals surface area (Å²) in [4.78, 5) is 2.37. The number of rotatable bonds is 5. The van der Waals surface area contributed by atoms with Gasteiger partial charge in [-0.05, 0) is 82.9 Å². The van der Waals surface area contributed by atoms with Crippen LogP contribution in [0.15, 0.2) is 176 Å². The minimum atomic E-state index is -0.231. The highest BCUT2D eigenvalue weighted by molar-refractivity contribution is 6.16. The van der Waals surface area contributed by atoms with Gasteiger partial charge >= 0.3 is 0 Å². The second-order valence-electron chi connectivity index (χ2n) is 12.6. The molecule has 1 atom stereocenters. The highest BCUT2D eigenvalue weighted by Crippen LogP contribution is 2.47. The number of anilines is 4. The predicted octanol–water partition coefficient (Wildman–Crippen LogP) is 12.1. The van der Waals surface area contributed by atoms with E-state index in [1.165, 1.54) is 43.4 Å². The lowest BCUT2D eigenvalue weighted by atomic mass is 9.99. The fraction of sp³-hybridized carbons (Fsp3) is 0.0222. The van der Waals surface area contributed by atoms with Crippen molar-refractivity contribution in [2.45, 2.75) is 6.23 Å². The summed E-state index contributed by atoms with van der Waals surface area (Å²) in [6.45, 7) is 0. The highest BCUT2D eigenvalue weighted by Gasteiger charge is 2.26. The molecule has 1 aromatic heterocycles. The van der Waals surface area contributed by atoms with E-state index in [4.69, 9.17) is 4.74 Å². The number of nitrogens with zero attached hydrogens (tertiary/aromatic N) is 2. The summed E-state index contributed by atoms with van der Waals surface area (Å²) in [5, 5.41) is 10.9. The molecule has 4 heteroatoms. The number of para-hydroxylation sites is 3. The van der Waals surface area contributed by atoms with Crippen LogP contribution in [0.1, 0.15) is 11.8 Å². The second kappa shape index (κ2) is 11.0. The first-order chi connectivity index (χ1) is 24.3. The average Bonchev–Trinajstić information content (AvgIpc) is 3.76. The Kier molecular flexibility index (Phi) is 6.21. The van der Waals surface area contributed by atoms with Gasteiger partial charge in [-0.15, -0.1) is 0 Å². The molecule has 0 spiro atoms. The summed E-state index contributed by atoms with van der Waals surface area (Å²) in [5.41, 5.74) is 8.97. The van der Waals surface area contributed by atoms with Crippen molar-refractivity contribution in [2.24, 2.45) is 0 Å². The molecular weight excluding hydrogens is 599 g/mol. The lowest BCUT2D eigenvalue weighted by molar-refractivity contribution is 0.260. The Morgan fingerprint density at radius 2 is 1.10 bits per heavy atom. The molecule has 1 aliphatic rings. The number of fused-ring (bicyclic) bond motifs is 8. The normalized spacial score (nSPS) is 13.8. The summed E-state index contributed by atoms with van der Waals surface area (Å²) in [5.74, 6) is 0.874. The van der Waals surface area contributed by atoms with Crippen molar-refractivity contribution in [3.8, 4) is 11.4 Å². The molecule has 8 aromatic carbocycles. The Bertz CT molecular complexity index is 2670. The minimum Gasteiger partial charge on any atom is -0.464 e. The molecule has 0 aliphatic carbocycles. The van der Waals surface area contributed by atoms with E-state index in [1.807, 2.05) is 6.07 Å². The van der Waals surface area contributed by atoms with Crippen LogP contribution >= 0.6 is 0 Å². The molecule has 2 heterocycles. The first kappa shape index (κ1) is 27.6. The third-order valence-corrected chi connectivity index (χ3v) is 9.77.